The van der Waals surface area contributed by atoms with Crippen molar-refractivity contribution < 1.29 is 19.5 Å². The van der Waals surface area contributed by atoms with Gasteiger partial charge in [0.15, 0.2) is 0 Å². The number of thioether (sulfide) groups is 1. The van der Waals surface area contributed by atoms with Gasteiger partial charge in [-0.05, 0) is 37.7 Å². The van der Waals surface area contributed by atoms with Crippen LogP contribution in [0.25, 0.3) is 0 Å². The van der Waals surface area contributed by atoms with Crippen molar-refractivity contribution in [3.05, 3.63) is 0 Å². The zero-order chi connectivity index (χ0) is 15.1. The molecule has 0 saturated carbocycles. The number of rotatable bonds is 6. The highest BCUT2D eigenvalue weighted by Crippen LogP contribution is 2.17. The number of carboxylic acids is 1. The van der Waals surface area contributed by atoms with Crippen LogP contribution >= 0.6 is 11.8 Å². The van der Waals surface area contributed by atoms with E-state index < -0.39 is 30.0 Å². The molecule has 0 bridgehead atoms. The third kappa shape index (κ3) is 4.59. The van der Waals surface area contributed by atoms with Crippen LogP contribution in [0.3, 0.4) is 0 Å². The molecule has 0 aliphatic carbocycles. The number of carboxylic acid groups (broad SMARTS) is 1. The van der Waals surface area contributed by atoms with Crippen LogP contribution in [0.1, 0.15) is 25.7 Å². The van der Waals surface area contributed by atoms with Crippen LogP contribution in [0.15, 0.2) is 0 Å². The number of carbonyl (C=O) groups excluding carboxylic acids is 2. The quantitative estimate of drug-likeness (QED) is 0.650. The normalized spacial score (nSPS) is 20.2. The minimum absolute atomic E-state index is 0.345. The molecule has 4 N–H and O–H groups in total. The lowest BCUT2D eigenvalue weighted by Crippen LogP contribution is -2.56. The number of hydrogen-bond donors (Lipinski definition) is 3. The number of piperidine rings is 1. The molecule has 1 aliphatic heterocycles. The molecule has 0 aromatic heterocycles. The third-order valence-corrected chi connectivity index (χ3v) is 3.94. The second-order valence-electron chi connectivity index (χ2n) is 4.73. The number of primary amides is 1. The smallest absolute Gasteiger partial charge is 0.326 e. The maximum absolute atomic E-state index is 12.1. The summed E-state index contributed by atoms with van der Waals surface area (Å²) in [6, 6.07) is -2.11. The maximum Gasteiger partial charge on any atom is 0.326 e. The molecule has 7 nitrogen and oxygen atoms in total. The first kappa shape index (κ1) is 16.6. The van der Waals surface area contributed by atoms with Crippen molar-refractivity contribution in [1.29, 1.82) is 0 Å². The van der Waals surface area contributed by atoms with Crippen molar-refractivity contribution >= 4 is 29.7 Å². The summed E-state index contributed by atoms with van der Waals surface area (Å²) in [6.45, 7) is 0.425. The van der Waals surface area contributed by atoms with Crippen molar-refractivity contribution in [3.63, 3.8) is 0 Å². The Bertz CT molecular complexity index is 378. The lowest BCUT2D eigenvalue weighted by molar-refractivity contribution is -0.139. The van der Waals surface area contributed by atoms with E-state index in [1.165, 1.54) is 16.7 Å². The molecule has 3 amide bonds. The van der Waals surface area contributed by atoms with E-state index in [9.17, 15) is 14.4 Å². The summed E-state index contributed by atoms with van der Waals surface area (Å²) < 4.78 is 0. The summed E-state index contributed by atoms with van der Waals surface area (Å²) in [5, 5.41) is 11.6. The van der Waals surface area contributed by atoms with Gasteiger partial charge >= 0.3 is 12.0 Å². The van der Waals surface area contributed by atoms with Crippen molar-refractivity contribution in [2.24, 2.45) is 5.73 Å². The number of nitrogens with one attached hydrogen (secondary N) is 1. The molecule has 2 atom stereocenters. The lowest BCUT2D eigenvalue weighted by atomic mass is 10.0. The van der Waals surface area contributed by atoms with E-state index in [1.54, 1.807) is 0 Å². The van der Waals surface area contributed by atoms with Gasteiger partial charge in [-0.25, -0.2) is 9.59 Å². The second kappa shape index (κ2) is 7.98. The third-order valence-electron chi connectivity index (χ3n) is 3.30. The lowest BCUT2D eigenvalue weighted by Gasteiger charge is -2.34. The summed E-state index contributed by atoms with van der Waals surface area (Å²) in [6.07, 6.45) is 4.38. The molecular formula is C12H21N3O4S. The molecule has 114 valence electrons. The second-order valence-corrected chi connectivity index (χ2v) is 5.71. The van der Waals surface area contributed by atoms with Crippen molar-refractivity contribution in [2.45, 2.75) is 37.8 Å². The summed E-state index contributed by atoms with van der Waals surface area (Å²) in [5.41, 5.74) is 5.29. The van der Waals surface area contributed by atoms with Crippen LogP contribution in [0.4, 0.5) is 4.79 Å². The Morgan fingerprint density at radius 2 is 2.15 bits per heavy atom. The maximum atomic E-state index is 12.1. The fourth-order valence-electron chi connectivity index (χ4n) is 2.20. The predicted octanol–water partition coefficient (Wildman–Crippen LogP) is 0.242. The van der Waals surface area contributed by atoms with Gasteiger partial charge in [-0.1, -0.05) is 0 Å². The molecule has 1 heterocycles. The van der Waals surface area contributed by atoms with E-state index >= 15 is 0 Å². The van der Waals surface area contributed by atoms with Gasteiger partial charge in [0.2, 0.25) is 5.91 Å². The minimum Gasteiger partial charge on any atom is -0.480 e. The molecule has 1 saturated heterocycles. The minimum atomic E-state index is -1.07. The number of hydrogen-bond acceptors (Lipinski definition) is 4. The number of urea groups is 1. The fraction of sp³-hybridized carbons (Fsp3) is 0.750. The van der Waals surface area contributed by atoms with Crippen LogP contribution in [0.2, 0.25) is 0 Å². The van der Waals surface area contributed by atoms with Crippen molar-refractivity contribution in [1.82, 2.24) is 10.2 Å². The number of aliphatic carboxylic acids is 1. The fourth-order valence-corrected chi connectivity index (χ4v) is 2.67. The number of nitrogens with zero attached hydrogens (tertiary/aromatic N) is 1. The van der Waals surface area contributed by atoms with E-state index in [0.717, 1.165) is 12.8 Å². The Hall–Kier alpha value is -1.44. The summed E-state index contributed by atoms with van der Waals surface area (Å²) in [7, 11) is 0. The van der Waals surface area contributed by atoms with E-state index in [-0.39, 0.29) is 0 Å². The summed E-state index contributed by atoms with van der Waals surface area (Å²) >= 11 is 1.51. The highest BCUT2D eigenvalue weighted by Gasteiger charge is 2.32. The molecule has 20 heavy (non-hydrogen) atoms. The van der Waals surface area contributed by atoms with Gasteiger partial charge in [0.1, 0.15) is 12.1 Å². The van der Waals surface area contributed by atoms with Crippen molar-refractivity contribution in [2.75, 3.05) is 18.6 Å². The van der Waals surface area contributed by atoms with Crippen molar-refractivity contribution in [3.8, 4) is 0 Å². The van der Waals surface area contributed by atoms with Crippen LogP contribution < -0.4 is 11.1 Å². The van der Waals surface area contributed by atoms with Gasteiger partial charge in [-0.15, -0.1) is 0 Å². The first-order valence-corrected chi connectivity index (χ1v) is 7.95. The standard InChI is InChI=1S/C12H21N3O4S/c1-20-7-5-8(11(17)18)14-12(19)15-6-3-2-4-9(15)10(13)16/h8-9H,2-7H2,1H3,(H2,13,16)(H,14,19)(H,17,18)/t8-,9?/m1/s1. The number of nitrogens with two attached hydrogens (primary N) is 1. The van der Waals surface area contributed by atoms with Gasteiger partial charge in [0, 0.05) is 6.54 Å². The predicted molar refractivity (Wildman–Crippen MR) is 76.5 cm³/mol. The average Bonchev–Trinajstić information content (AvgIpc) is 2.42. The zero-order valence-electron chi connectivity index (χ0n) is 11.5. The highest BCUT2D eigenvalue weighted by molar-refractivity contribution is 7.98. The zero-order valence-corrected chi connectivity index (χ0v) is 12.3. The Labute approximate surface area is 122 Å². The van der Waals surface area contributed by atoms with Gasteiger partial charge in [0.05, 0.1) is 0 Å². The Morgan fingerprint density at radius 3 is 2.70 bits per heavy atom. The van der Waals surface area contributed by atoms with Gasteiger partial charge in [0.25, 0.3) is 0 Å². The molecule has 8 heteroatoms. The first-order chi connectivity index (χ1) is 9.47. The van der Waals surface area contributed by atoms with Gasteiger partial charge < -0.3 is 21.1 Å². The van der Waals surface area contributed by atoms with Crippen LogP contribution in [0, 0.1) is 0 Å². The van der Waals surface area contributed by atoms with Crippen LogP contribution in [-0.4, -0.2) is 58.6 Å². The molecule has 0 aromatic rings. The number of amides is 3. The van der Waals surface area contributed by atoms with E-state index in [2.05, 4.69) is 5.32 Å². The number of likely N-dealkylation sites (tertiary alicyclic amines) is 1. The molecule has 0 radical (unpaired) electrons. The van der Waals surface area contributed by atoms with Crippen LogP contribution in [-0.2, 0) is 9.59 Å². The summed E-state index contributed by atoms with van der Waals surface area (Å²) in [5.74, 6) is -0.980. The molecule has 1 unspecified atom stereocenters. The average molecular weight is 303 g/mol. The molecule has 0 spiro atoms. The van der Waals surface area contributed by atoms with Gasteiger partial charge in [-0.3, -0.25) is 4.79 Å². The Balaban J connectivity index is 2.66. The first-order valence-electron chi connectivity index (χ1n) is 6.55. The summed E-state index contributed by atoms with van der Waals surface area (Å²) in [4.78, 5) is 35.9. The molecule has 0 aromatic carbocycles. The number of carbonyl (C=O) groups is 3. The van der Waals surface area contributed by atoms with E-state index in [1.807, 2.05) is 6.26 Å². The Kier molecular flexibility index (Phi) is 6.63. The molecule has 1 aliphatic rings. The Morgan fingerprint density at radius 1 is 1.45 bits per heavy atom. The SMILES string of the molecule is CSCC[C@@H](NC(=O)N1CCCCC1C(N)=O)C(=O)O. The van der Waals surface area contributed by atoms with E-state index in [4.69, 9.17) is 10.8 Å². The topological polar surface area (TPSA) is 113 Å². The van der Waals surface area contributed by atoms with Gasteiger partial charge in [-0.2, -0.15) is 11.8 Å². The molecule has 1 fully saturated rings. The highest BCUT2D eigenvalue weighted by atomic mass is 32.2. The largest absolute Gasteiger partial charge is 0.480 e. The molecule has 1 rings (SSSR count). The van der Waals surface area contributed by atoms with Crippen LogP contribution in [0.5, 0.6) is 0 Å². The van der Waals surface area contributed by atoms with E-state index in [0.29, 0.717) is 25.1 Å². The monoisotopic (exact) mass is 303 g/mol. The molecular weight excluding hydrogens is 282 g/mol.